The molecule has 1 N–H and O–H groups in total. The standard InChI is InChI=1S/C14H18O6S/c15-13(16)11-3-4-12(20-11)21(17,18)10-5-8-19-14(9-10)6-1-2-7-14/h3-4,10H,1-2,5-9H2,(H,15,16). The molecule has 1 aromatic rings. The molecule has 7 heteroatoms. The van der Waals surface area contributed by atoms with Gasteiger partial charge in [-0.1, -0.05) is 12.8 Å². The van der Waals surface area contributed by atoms with E-state index in [0.717, 1.165) is 25.7 Å². The van der Waals surface area contributed by atoms with Crippen LogP contribution in [0.5, 0.6) is 0 Å². The molecule has 1 unspecified atom stereocenters. The number of hydrogen-bond acceptors (Lipinski definition) is 5. The monoisotopic (exact) mass is 314 g/mol. The highest BCUT2D eigenvalue weighted by Crippen LogP contribution is 2.42. The Morgan fingerprint density at radius 3 is 2.62 bits per heavy atom. The fourth-order valence-corrected chi connectivity index (χ4v) is 5.09. The van der Waals surface area contributed by atoms with E-state index in [1.54, 1.807) is 0 Å². The highest BCUT2D eigenvalue weighted by Gasteiger charge is 2.45. The van der Waals surface area contributed by atoms with Gasteiger partial charge in [0.2, 0.25) is 20.7 Å². The number of furan rings is 1. The molecule has 0 amide bonds. The van der Waals surface area contributed by atoms with E-state index in [-0.39, 0.29) is 16.5 Å². The predicted octanol–water partition coefficient (Wildman–Crippen LogP) is 2.24. The first-order valence-corrected chi connectivity index (χ1v) is 8.69. The third kappa shape index (κ3) is 2.60. The van der Waals surface area contributed by atoms with Crippen LogP contribution >= 0.6 is 0 Å². The number of sulfone groups is 1. The van der Waals surface area contributed by atoms with E-state index >= 15 is 0 Å². The van der Waals surface area contributed by atoms with Gasteiger partial charge in [0.1, 0.15) is 0 Å². The average molecular weight is 314 g/mol. The van der Waals surface area contributed by atoms with E-state index in [0.29, 0.717) is 19.4 Å². The van der Waals surface area contributed by atoms with Crippen LogP contribution in [-0.4, -0.2) is 37.0 Å². The van der Waals surface area contributed by atoms with Crippen LogP contribution in [0.15, 0.2) is 21.6 Å². The maximum absolute atomic E-state index is 12.6. The van der Waals surface area contributed by atoms with E-state index in [2.05, 4.69) is 0 Å². The van der Waals surface area contributed by atoms with Gasteiger partial charge in [-0.25, -0.2) is 13.2 Å². The smallest absolute Gasteiger partial charge is 0.371 e. The molecule has 21 heavy (non-hydrogen) atoms. The van der Waals surface area contributed by atoms with Crippen molar-refractivity contribution in [2.45, 2.75) is 54.5 Å². The molecule has 0 aromatic carbocycles. The fraction of sp³-hybridized carbons (Fsp3) is 0.643. The topological polar surface area (TPSA) is 93.8 Å². The molecule has 1 aromatic heterocycles. The van der Waals surface area contributed by atoms with E-state index in [1.165, 1.54) is 12.1 Å². The van der Waals surface area contributed by atoms with E-state index in [1.807, 2.05) is 0 Å². The Bertz CT molecular complexity index is 638. The molecule has 116 valence electrons. The molecule has 6 nitrogen and oxygen atoms in total. The van der Waals surface area contributed by atoms with Crippen LogP contribution in [-0.2, 0) is 14.6 Å². The maximum Gasteiger partial charge on any atom is 0.371 e. The summed E-state index contributed by atoms with van der Waals surface area (Å²) in [6.45, 7) is 0.427. The van der Waals surface area contributed by atoms with E-state index in [9.17, 15) is 13.2 Å². The third-order valence-corrected chi connectivity index (χ3v) is 6.53. The molecule has 1 saturated heterocycles. The summed E-state index contributed by atoms with van der Waals surface area (Å²) in [6, 6.07) is 2.41. The van der Waals surface area contributed by atoms with Crippen LogP contribution in [0, 0.1) is 0 Å². The van der Waals surface area contributed by atoms with Gasteiger partial charge < -0.3 is 14.3 Å². The van der Waals surface area contributed by atoms with Crippen LogP contribution < -0.4 is 0 Å². The Morgan fingerprint density at radius 1 is 1.29 bits per heavy atom. The summed E-state index contributed by atoms with van der Waals surface area (Å²) < 4.78 is 36.1. The van der Waals surface area contributed by atoms with Crippen molar-refractivity contribution in [1.29, 1.82) is 0 Å². The highest BCUT2D eigenvalue weighted by atomic mass is 32.2. The summed E-state index contributed by atoms with van der Waals surface area (Å²) in [7, 11) is -3.65. The summed E-state index contributed by atoms with van der Waals surface area (Å²) in [5, 5.41) is 8.02. The Morgan fingerprint density at radius 2 is 2.00 bits per heavy atom. The number of hydrogen-bond donors (Lipinski definition) is 1. The average Bonchev–Trinajstić information content (AvgIpc) is 3.09. The summed E-state index contributed by atoms with van der Waals surface area (Å²) in [5.41, 5.74) is -0.307. The van der Waals surface area contributed by atoms with Gasteiger partial charge >= 0.3 is 5.97 Å². The number of aromatic carboxylic acids is 1. The Kier molecular flexibility index (Phi) is 3.57. The van der Waals surface area contributed by atoms with Crippen LogP contribution in [0.2, 0.25) is 0 Å². The summed E-state index contributed by atoms with van der Waals surface area (Å²) in [4.78, 5) is 10.8. The minimum absolute atomic E-state index is 0.250. The van der Waals surface area contributed by atoms with Crippen molar-refractivity contribution < 1.29 is 27.5 Å². The van der Waals surface area contributed by atoms with Gasteiger partial charge in [0.25, 0.3) is 0 Å². The summed E-state index contributed by atoms with van der Waals surface area (Å²) in [6.07, 6.45) is 4.83. The molecule has 0 bridgehead atoms. The van der Waals surface area contributed by atoms with Crippen LogP contribution in [0.3, 0.4) is 0 Å². The molecule has 2 heterocycles. The van der Waals surface area contributed by atoms with Crippen molar-refractivity contribution in [2.24, 2.45) is 0 Å². The van der Waals surface area contributed by atoms with Crippen LogP contribution in [0.25, 0.3) is 0 Å². The molecular weight excluding hydrogens is 296 g/mol. The van der Waals surface area contributed by atoms with Gasteiger partial charge in [0.15, 0.2) is 0 Å². The van der Waals surface area contributed by atoms with Crippen molar-refractivity contribution in [3.8, 4) is 0 Å². The fourth-order valence-electron chi connectivity index (χ4n) is 3.37. The number of carbonyl (C=O) groups is 1. The van der Waals surface area contributed by atoms with Crippen molar-refractivity contribution in [2.75, 3.05) is 6.61 Å². The molecule has 1 aliphatic carbocycles. The molecule has 1 atom stereocenters. The zero-order valence-corrected chi connectivity index (χ0v) is 12.4. The summed E-state index contributed by atoms with van der Waals surface area (Å²) >= 11 is 0. The van der Waals surface area contributed by atoms with E-state index in [4.69, 9.17) is 14.3 Å². The molecule has 0 radical (unpaired) electrons. The minimum Gasteiger partial charge on any atom is -0.475 e. The molecule has 1 saturated carbocycles. The first-order chi connectivity index (χ1) is 9.93. The van der Waals surface area contributed by atoms with Crippen molar-refractivity contribution in [1.82, 2.24) is 0 Å². The lowest BCUT2D eigenvalue weighted by Gasteiger charge is -2.37. The molecule has 2 fully saturated rings. The lowest BCUT2D eigenvalue weighted by Crippen LogP contribution is -2.42. The highest BCUT2D eigenvalue weighted by molar-refractivity contribution is 7.91. The maximum atomic E-state index is 12.6. The van der Waals surface area contributed by atoms with Gasteiger partial charge in [0, 0.05) is 6.61 Å². The van der Waals surface area contributed by atoms with Crippen molar-refractivity contribution >= 4 is 15.8 Å². The number of ether oxygens (including phenoxy) is 1. The van der Waals surface area contributed by atoms with Crippen molar-refractivity contribution in [3.63, 3.8) is 0 Å². The van der Waals surface area contributed by atoms with Crippen LogP contribution in [0.4, 0.5) is 0 Å². The predicted molar refractivity (Wildman–Crippen MR) is 73.0 cm³/mol. The van der Waals surface area contributed by atoms with Gasteiger partial charge in [-0.3, -0.25) is 0 Å². The Balaban J connectivity index is 1.85. The SMILES string of the molecule is O=C(O)c1ccc(S(=O)(=O)C2CCOC3(CCCC3)C2)o1. The van der Waals surface area contributed by atoms with E-state index < -0.39 is 21.1 Å². The van der Waals surface area contributed by atoms with Crippen molar-refractivity contribution in [3.05, 3.63) is 17.9 Å². The van der Waals surface area contributed by atoms with Gasteiger partial charge in [0.05, 0.1) is 10.9 Å². The lowest BCUT2D eigenvalue weighted by molar-refractivity contribution is -0.0714. The molecule has 2 aliphatic rings. The zero-order chi connectivity index (χ0) is 15.1. The third-order valence-electron chi connectivity index (χ3n) is 4.47. The number of rotatable bonds is 3. The number of carboxylic acid groups (broad SMARTS) is 1. The second kappa shape index (κ2) is 5.14. The molecule has 1 spiro atoms. The Hall–Kier alpha value is -1.34. The van der Waals surface area contributed by atoms with Gasteiger partial charge in [-0.2, -0.15) is 0 Å². The first-order valence-electron chi connectivity index (χ1n) is 7.14. The normalized spacial score (nSPS) is 25.2. The second-order valence-corrected chi connectivity index (χ2v) is 7.98. The molecule has 3 rings (SSSR count). The quantitative estimate of drug-likeness (QED) is 0.919. The van der Waals surface area contributed by atoms with Gasteiger partial charge in [-0.15, -0.1) is 0 Å². The lowest BCUT2D eigenvalue weighted by atomic mass is 9.92. The van der Waals surface area contributed by atoms with Crippen LogP contribution in [0.1, 0.15) is 49.1 Å². The molecule has 1 aliphatic heterocycles. The van der Waals surface area contributed by atoms with Gasteiger partial charge in [-0.05, 0) is 37.8 Å². The minimum atomic E-state index is -3.65. The largest absolute Gasteiger partial charge is 0.475 e. The Labute approximate surface area is 123 Å². The zero-order valence-electron chi connectivity index (χ0n) is 11.6. The number of carboxylic acids is 1. The summed E-state index contributed by atoms with van der Waals surface area (Å²) in [5.74, 6) is -1.62. The first kappa shape index (κ1) is 14.6. The molecular formula is C14H18O6S. The second-order valence-electron chi connectivity index (χ2n) is 5.82.